The molecule has 0 bridgehead atoms. The van der Waals surface area contributed by atoms with Crippen molar-refractivity contribution in [1.29, 1.82) is 0 Å². The van der Waals surface area contributed by atoms with Crippen LogP contribution in [-0.2, 0) is 57.4 Å². The second-order valence-corrected chi connectivity index (χ2v) is 28.7. The van der Waals surface area contributed by atoms with Crippen LogP contribution in [0.25, 0.3) is 0 Å². The van der Waals surface area contributed by atoms with Crippen molar-refractivity contribution in [2.45, 2.75) is 227 Å². The van der Waals surface area contributed by atoms with Crippen LogP contribution in [-0.4, -0.2) is 117 Å². The number of fused-ring (bicyclic) bond motifs is 2. The van der Waals surface area contributed by atoms with E-state index < -0.39 is 106 Å². The van der Waals surface area contributed by atoms with Gasteiger partial charge in [-0.05, 0) is 138 Å². The number of likely N-dealkylation sites (tertiary alicyclic amines) is 2. The Bertz CT molecular complexity index is 2270. The summed E-state index contributed by atoms with van der Waals surface area (Å²) >= 11 is 0. The number of piperidine rings is 2. The molecule has 3 amide bonds. The van der Waals surface area contributed by atoms with Crippen LogP contribution in [0.15, 0.2) is 0 Å². The van der Waals surface area contributed by atoms with Gasteiger partial charge >= 0.3 is 11.9 Å². The first-order valence-electron chi connectivity index (χ1n) is 29.6. The van der Waals surface area contributed by atoms with Crippen molar-refractivity contribution in [2.24, 2.45) is 87.6 Å². The zero-order valence-corrected chi connectivity index (χ0v) is 49.1. The number of ether oxygens (including phenoxy) is 2. The number of Topliss-reactive ketones (excluding diaryl/α,β-unsaturated/α-hetero) is 5. The predicted octanol–water partition coefficient (Wildman–Crippen LogP) is 9.25. The topological polar surface area (TPSA) is 222 Å². The van der Waals surface area contributed by atoms with E-state index in [1.807, 2.05) is 13.8 Å². The number of amides is 3. The van der Waals surface area contributed by atoms with E-state index in [2.05, 4.69) is 13.8 Å². The number of alkyl halides is 4. The second-order valence-electron chi connectivity index (χ2n) is 28.7. The third-order valence-corrected chi connectivity index (χ3v) is 19.4. The van der Waals surface area contributed by atoms with Gasteiger partial charge < -0.3 is 25.0 Å². The SMILES string of the molecule is CC(=O)C(=O)[C@H](CC(=O)[C@@H]1[C@@H]2[C@H](CN1C(=O)[C@@H](CC(=O)OC(C)(C)C)C1CCC(F)(F)CC1)C2(C)C)CC1CC1.CC(C)(C)OC(=O)C[C@H](C(=O)N1C[C@H]2[C@@H]([C@H]1C(=O)C[C@@H](CC1CC1)C(=O)C(N)=O)C2(C)C)C1CCC(F)(F)CC1. The molecule has 0 aromatic heterocycles. The van der Waals surface area contributed by atoms with Crippen molar-refractivity contribution in [1.82, 2.24) is 9.80 Å². The molecule has 2 N–H and O–H groups in total. The third-order valence-electron chi connectivity index (χ3n) is 19.4. The summed E-state index contributed by atoms with van der Waals surface area (Å²) in [6.45, 7) is 20.5. The molecular weight excluding hydrogens is 1040 g/mol. The fraction of sp³-hybridized carbons (Fsp3) is 0.836. The quantitative estimate of drug-likeness (QED) is 0.0609. The highest BCUT2D eigenvalue weighted by Crippen LogP contribution is 2.67. The molecule has 19 heteroatoms. The first kappa shape index (κ1) is 63.0. The minimum Gasteiger partial charge on any atom is -0.460 e. The minimum absolute atomic E-state index is 0.0733. The largest absolute Gasteiger partial charge is 0.460 e. The smallest absolute Gasteiger partial charge is 0.307 e. The molecule has 0 unspecified atom stereocenters. The Morgan fingerprint density at radius 3 is 1.14 bits per heavy atom. The number of primary amides is 1. The summed E-state index contributed by atoms with van der Waals surface area (Å²) in [5.74, 6) is -14.3. The van der Waals surface area contributed by atoms with Gasteiger partial charge in [0.2, 0.25) is 35.2 Å². The average Bonchev–Trinajstić information content (AvgIpc) is 4.31. The van der Waals surface area contributed by atoms with Gasteiger partial charge in [0.1, 0.15) is 11.2 Å². The summed E-state index contributed by atoms with van der Waals surface area (Å²) in [7, 11) is 0. The van der Waals surface area contributed by atoms with Gasteiger partial charge in [-0.15, -0.1) is 0 Å². The monoisotopic (exact) mass is 1130 g/mol. The van der Waals surface area contributed by atoms with Gasteiger partial charge in [-0.25, -0.2) is 17.6 Å². The van der Waals surface area contributed by atoms with Crippen molar-refractivity contribution in [2.75, 3.05) is 13.1 Å². The van der Waals surface area contributed by atoms with Crippen LogP contribution < -0.4 is 5.73 Å². The number of carbonyl (C=O) groups is 10. The molecule has 2 heterocycles. The van der Waals surface area contributed by atoms with Gasteiger partial charge in [0.25, 0.3) is 5.91 Å². The molecule has 0 radical (unpaired) electrons. The second kappa shape index (κ2) is 23.2. The number of rotatable bonds is 22. The summed E-state index contributed by atoms with van der Waals surface area (Å²) in [5.41, 5.74) is 3.42. The molecule has 0 aromatic rings. The summed E-state index contributed by atoms with van der Waals surface area (Å²) in [5, 5.41) is 0. The molecule has 10 atom stereocenters. The van der Waals surface area contributed by atoms with Gasteiger partial charge in [-0.1, -0.05) is 53.4 Å². The first-order chi connectivity index (χ1) is 36.8. The van der Waals surface area contributed by atoms with E-state index in [-0.39, 0.29) is 141 Å². The zero-order chi connectivity index (χ0) is 59.6. The molecular formula is C61H89F4N3O12. The van der Waals surface area contributed by atoms with Crippen LogP contribution in [0, 0.1) is 81.8 Å². The Morgan fingerprint density at radius 2 is 0.850 bits per heavy atom. The number of nitrogens with two attached hydrogens (primary N) is 1. The fourth-order valence-corrected chi connectivity index (χ4v) is 14.5. The van der Waals surface area contributed by atoms with Crippen LogP contribution in [0.3, 0.4) is 0 Å². The normalized spacial score (nSPS) is 28.8. The molecule has 448 valence electrons. The highest BCUT2D eigenvalue weighted by Gasteiger charge is 2.71. The lowest BCUT2D eigenvalue weighted by atomic mass is 9.76. The highest BCUT2D eigenvalue weighted by atomic mass is 19.3. The van der Waals surface area contributed by atoms with Crippen LogP contribution >= 0.6 is 0 Å². The first-order valence-corrected chi connectivity index (χ1v) is 29.6. The fourth-order valence-electron chi connectivity index (χ4n) is 14.5. The van der Waals surface area contributed by atoms with E-state index in [9.17, 15) is 65.5 Å². The lowest BCUT2D eigenvalue weighted by Crippen LogP contribution is -2.50. The van der Waals surface area contributed by atoms with Crippen molar-refractivity contribution >= 4 is 58.6 Å². The Labute approximate surface area is 469 Å². The predicted molar refractivity (Wildman–Crippen MR) is 285 cm³/mol. The summed E-state index contributed by atoms with van der Waals surface area (Å²) < 4.78 is 66.9. The maximum absolute atomic E-state index is 14.2. The van der Waals surface area contributed by atoms with Gasteiger partial charge in [0, 0.05) is 70.4 Å². The third kappa shape index (κ3) is 15.2. The van der Waals surface area contributed by atoms with E-state index in [1.54, 1.807) is 46.4 Å². The maximum atomic E-state index is 14.2. The lowest BCUT2D eigenvalue weighted by Gasteiger charge is -2.38. The number of carbonyl (C=O) groups excluding carboxylic acids is 10. The van der Waals surface area contributed by atoms with Crippen molar-refractivity contribution < 1.29 is 75.0 Å². The molecule has 8 fully saturated rings. The molecule has 0 aromatic carbocycles. The number of hydrogen-bond donors (Lipinski definition) is 1. The Kier molecular flexibility index (Phi) is 18.3. The number of halogens is 4. The Balaban J connectivity index is 0.000000231. The minimum atomic E-state index is -2.79. The molecule has 2 saturated heterocycles. The number of nitrogens with zero attached hydrogens (tertiary/aromatic N) is 2. The summed E-state index contributed by atoms with van der Waals surface area (Å²) in [6, 6.07) is -1.54. The van der Waals surface area contributed by atoms with Gasteiger partial charge in [0.15, 0.2) is 17.3 Å². The number of esters is 2. The molecule has 2 aliphatic heterocycles. The van der Waals surface area contributed by atoms with Gasteiger partial charge in [-0.3, -0.25) is 47.9 Å². The maximum Gasteiger partial charge on any atom is 0.307 e. The molecule has 6 aliphatic carbocycles. The summed E-state index contributed by atoms with van der Waals surface area (Å²) in [6.07, 6.45) is 3.09. The van der Waals surface area contributed by atoms with Gasteiger partial charge in [0.05, 0.1) is 36.8 Å². The molecule has 0 spiro atoms. The van der Waals surface area contributed by atoms with E-state index in [1.165, 1.54) is 11.8 Å². The molecule has 8 rings (SSSR count). The average molecular weight is 1130 g/mol. The van der Waals surface area contributed by atoms with Gasteiger partial charge in [-0.2, -0.15) is 0 Å². The number of ketones is 5. The highest BCUT2D eigenvalue weighted by molar-refractivity contribution is 6.37. The lowest BCUT2D eigenvalue weighted by molar-refractivity contribution is -0.161. The van der Waals surface area contributed by atoms with Crippen LogP contribution in [0.4, 0.5) is 17.6 Å². The molecule has 8 aliphatic rings. The standard InChI is InChI=1S/C31H45F2NO6.C30H44F2N2O6/c1-17(35)27(38)20(13-18-7-8-18)14-23(36)26-25-22(30(25,5)6)16-34(26)28(39)21(15-24(37)40-29(2,3)4)19-9-11-31(32,33)12-10-19;1-28(2,3)40-22(36)14-19(17-8-10-30(31,32)11-9-17)27(39)34-15-20-23(29(20,4)5)24(34)21(35)13-18(12-16-6-7-16)25(37)26(33)38/h18-22,25-26H,7-16H2,1-6H3;16-20,23-24H,6-15H2,1-5H3,(H2,33,38)/t20-,21-,22-,25-,26+;18-,19+,20+,23+,24-/m01/s1. The van der Waals surface area contributed by atoms with E-state index >= 15 is 0 Å². The zero-order valence-electron chi connectivity index (χ0n) is 49.1. The van der Waals surface area contributed by atoms with E-state index in [4.69, 9.17) is 15.2 Å². The van der Waals surface area contributed by atoms with Crippen molar-refractivity contribution in [3.63, 3.8) is 0 Å². The van der Waals surface area contributed by atoms with E-state index in [0.29, 0.717) is 31.8 Å². The molecule has 15 nitrogen and oxygen atoms in total. The molecule has 80 heavy (non-hydrogen) atoms. The number of hydrogen-bond acceptors (Lipinski definition) is 12. The van der Waals surface area contributed by atoms with Crippen molar-refractivity contribution in [3.05, 3.63) is 0 Å². The Hall–Kier alpha value is -4.58. The molecule has 6 saturated carbocycles. The van der Waals surface area contributed by atoms with E-state index in [0.717, 1.165) is 25.7 Å². The van der Waals surface area contributed by atoms with Crippen molar-refractivity contribution in [3.8, 4) is 0 Å². The van der Waals surface area contributed by atoms with Crippen LogP contribution in [0.2, 0.25) is 0 Å². The summed E-state index contributed by atoms with van der Waals surface area (Å²) in [4.78, 5) is 134. The Morgan fingerprint density at radius 1 is 0.525 bits per heavy atom. The van der Waals surface area contributed by atoms with Crippen LogP contribution in [0.1, 0.15) is 192 Å². The van der Waals surface area contributed by atoms with Crippen LogP contribution in [0.5, 0.6) is 0 Å².